The maximum absolute atomic E-state index is 11.4. The molecule has 0 saturated heterocycles. The molecular formula is C8H11NOS. The molecule has 60 valence electrons. The fraction of sp³-hybridized carbons (Fsp3) is 0.500. The molecule has 0 spiro atoms. The third kappa shape index (κ3) is 1.66. The van der Waals surface area contributed by atoms with E-state index in [1.807, 2.05) is 20.8 Å². The van der Waals surface area contributed by atoms with Crippen molar-refractivity contribution in [1.29, 1.82) is 0 Å². The van der Waals surface area contributed by atoms with E-state index in [1.165, 1.54) is 11.3 Å². The van der Waals surface area contributed by atoms with Gasteiger partial charge in [0.05, 0.1) is 16.1 Å². The number of ketones is 1. The Morgan fingerprint density at radius 2 is 2.27 bits per heavy atom. The molecule has 2 nitrogen and oxygen atoms in total. The number of Topliss-reactive ketones (excluding diaryl/α,β-unsaturated/α-hetero) is 1. The topological polar surface area (TPSA) is 30.0 Å². The van der Waals surface area contributed by atoms with Gasteiger partial charge in [0, 0.05) is 5.92 Å². The highest BCUT2D eigenvalue weighted by Gasteiger charge is 2.14. The zero-order valence-electron chi connectivity index (χ0n) is 6.92. The minimum Gasteiger partial charge on any atom is -0.293 e. The summed E-state index contributed by atoms with van der Waals surface area (Å²) >= 11 is 1.43. The van der Waals surface area contributed by atoms with Crippen LogP contribution in [-0.2, 0) is 0 Å². The highest BCUT2D eigenvalue weighted by Crippen LogP contribution is 2.16. The predicted octanol–water partition coefficient (Wildman–Crippen LogP) is 2.29. The fourth-order valence-corrected chi connectivity index (χ4v) is 1.69. The van der Waals surface area contributed by atoms with Crippen molar-refractivity contribution in [2.75, 3.05) is 0 Å². The van der Waals surface area contributed by atoms with Crippen LogP contribution >= 0.6 is 11.3 Å². The van der Waals surface area contributed by atoms with Crippen LogP contribution in [0.1, 0.15) is 29.2 Å². The van der Waals surface area contributed by atoms with Crippen LogP contribution in [0.4, 0.5) is 0 Å². The molecule has 1 aromatic rings. The predicted molar refractivity (Wildman–Crippen MR) is 46.0 cm³/mol. The molecule has 0 fully saturated rings. The van der Waals surface area contributed by atoms with E-state index in [0.717, 1.165) is 10.6 Å². The normalized spacial score (nSPS) is 10.5. The minimum absolute atomic E-state index is 0.0779. The van der Waals surface area contributed by atoms with Crippen molar-refractivity contribution >= 4 is 17.1 Å². The molecule has 1 heterocycles. The van der Waals surface area contributed by atoms with E-state index in [-0.39, 0.29) is 11.7 Å². The molecule has 0 aliphatic heterocycles. The summed E-state index contributed by atoms with van der Waals surface area (Å²) in [5.41, 5.74) is 2.57. The summed E-state index contributed by atoms with van der Waals surface area (Å²) in [7, 11) is 0. The Morgan fingerprint density at radius 1 is 1.64 bits per heavy atom. The first-order chi connectivity index (χ1) is 5.13. The van der Waals surface area contributed by atoms with Crippen molar-refractivity contribution in [3.05, 3.63) is 16.1 Å². The monoisotopic (exact) mass is 169 g/mol. The summed E-state index contributed by atoms with van der Waals surface area (Å²) in [6.07, 6.45) is 0. The van der Waals surface area contributed by atoms with Crippen LogP contribution in [0.5, 0.6) is 0 Å². The number of aryl methyl sites for hydroxylation is 1. The second-order valence-electron chi connectivity index (χ2n) is 2.79. The molecule has 0 N–H and O–H groups in total. The van der Waals surface area contributed by atoms with E-state index in [0.29, 0.717) is 0 Å². The Morgan fingerprint density at radius 3 is 2.64 bits per heavy atom. The van der Waals surface area contributed by atoms with E-state index in [2.05, 4.69) is 4.98 Å². The van der Waals surface area contributed by atoms with Gasteiger partial charge >= 0.3 is 0 Å². The molecule has 1 aromatic heterocycles. The van der Waals surface area contributed by atoms with Gasteiger partial charge in [0.25, 0.3) is 0 Å². The summed E-state index contributed by atoms with van der Waals surface area (Å²) in [5, 5.41) is 0. The van der Waals surface area contributed by atoms with Gasteiger partial charge in [0.15, 0.2) is 5.78 Å². The van der Waals surface area contributed by atoms with Crippen molar-refractivity contribution in [1.82, 2.24) is 4.98 Å². The molecule has 0 bridgehead atoms. The largest absolute Gasteiger partial charge is 0.293 e. The maximum Gasteiger partial charge on any atom is 0.177 e. The van der Waals surface area contributed by atoms with Gasteiger partial charge in [-0.3, -0.25) is 4.79 Å². The summed E-state index contributed by atoms with van der Waals surface area (Å²) < 4.78 is 0. The van der Waals surface area contributed by atoms with Gasteiger partial charge in [0.2, 0.25) is 0 Å². The lowest BCUT2D eigenvalue weighted by Crippen LogP contribution is -2.06. The van der Waals surface area contributed by atoms with Gasteiger partial charge in [-0.1, -0.05) is 13.8 Å². The fourth-order valence-electron chi connectivity index (χ4n) is 0.801. The number of thiazole rings is 1. The van der Waals surface area contributed by atoms with E-state index < -0.39 is 0 Å². The standard InChI is InChI=1S/C8H11NOS/c1-5(2)7(10)8-6(3)9-4-11-8/h4-5H,1-3H3. The quantitative estimate of drug-likeness (QED) is 0.636. The second kappa shape index (κ2) is 3.13. The van der Waals surface area contributed by atoms with E-state index >= 15 is 0 Å². The average molecular weight is 169 g/mol. The molecule has 0 amide bonds. The smallest absolute Gasteiger partial charge is 0.177 e. The van der Waals surface area contributed by atoms with Crippen LogP contribution in [-0.4, -0.2) is 10.8 Å². The van der Waals surface area contributed by atoms with E-state index in [9.17, 15) is 4.79 Å². The van der Waals surface area contributed by atoms with Crippen molar-refractivity contribution in [3.63, 3.8) is 0 Å². The number of hydrogen-bond acceptors (Lipinski definition) is 3. The molecule has 1 rings (SSSR count). The first-order valence-corrected chi connectivity index (χ1v) is 4.45. The lowest BCUT2D eigenvalue weighted by Gasteiger charge is -2.00. The van der Waals surface area contributed by atoms with Gasteiger partial charge in [-0.2, -0.15) is 0 Å². The summed E-state index contributed by atoms with van der Waals surface area (Å²) in [5.74, 6) is 0.277. The molecule has 0 aromatic carbocycles. The Balaban J connectivity index is 2.93. The zero-order chi connectivity index (χ0) is 8.43. The summed E-state index contributed by atoms with van der Waals surface area (Å²) in [4.78, 5) is 16.2. The minimum atomic E-state index is 0.0779. The van der Waals surface area contributed by atoms with Crippen LogP contribution in [0.3, 0.4) is 0 Å². The molecule has 3 heteroatoms. The van der Waals surface area contributed by atoms with Crippen molar-refractivity contribution in [2.45, 2.75) is 20.8 Å². The molecule has 0 unspecified atom stereocenters. The lowest BCUT2D eigenvalue weighted by molar-refractivity contribution is 0.0942. The third-order valence-electron chi connectivity index (χ3n) is 1.49. The Hall–Kier alpha value is -0.700. The number of carbonyl (C=O) groups is 1. The van der Waals surface area contributed by atoms with Crippen LogP contribution in [0.25, 0.3) is 0 Å². The Bertz CT molecular complexity index is 265. The van der Waals surface area contributed by atoms with Crippen molar-refractivity contribution in [3.8, 4) is 0 Å². The van der Waals surface area contributed by atoms with Gasteiger partial charge < -0.3 is 0 Å². The number of carbonyl (C=O) groups excluding carboxylic acids is 1. The second-order valence-corrected chi connectivity index (χ2v) is 3.64. The van der Waals surface area contributed by atoms with Crippen molar-refractivity contribution in [2.24, 2.45) is 5.92 Å². The number of aromatic nitrogens is 1. The zero-order valence-corrected chi connectivity index (χ0v) is 7.73. The average Bonchev–Trinajstić information content (AvgIpc) is 2.33. The highest BCUT2D eigenvalue weighted by molar-refractivity contribution is 7.11. The first kappa shape index (κ1) is 8.40. The number of nitrogens with zero attached hydrogens (tertiary/aromatic N) is 1. The van der Waals surface area contributed by atoms with Gasteiger partial charge in [-0.25, -0.2) is 4.98 Å². The molecule has 11 heavy (non-hydrogen) atoms. The summed E-state index contributed by atoms with van der Waals surface area (Å²) in [6, 6.07) is 0. The van der Waals surface area contributed by atoms with Crippen LogP contribution in [0.2, 0.25) is 0 Å². The van der Waals surface area contributed by atoms with Crippen LogP contribution < -0.4 is 0 Å². The van der Waals surface area contributed by atoms with Gasteiger partial charge in [-0.15, -0.1) is 11.3 Å². The SMILES string of the molecule is Cc1ncsc1C(=O)C(C)C. The molecule has 0 aliphatic carbocycles. The highest BCUT2D eigenvalue weighted by atomic mass is 32.1. The summed E-state index contributed by atoms with van der Waals surface area (Å²) in [6.45, 7) is 5.68. The third-order valence-corrected chi connectivity index (χ3v) is 2.44. The molecule has 0 saturated carbocycles. The van der Waals surface area contributed by atoms with Crippen LogP contribution in [0, 0.1) is 12.8 Å². The molecule has 0 aliphatic rings. The lowest BCUT2D eigenvalue weighted by atomic mass is 10.1. The van der Waals surface area contributed by atoms with E-state index in [1.54, 1.807) is 5.51 Å². The molecule has 0 atom stereocenters. The Labute approximate surface area is 70.3 Å². The molecular weight excluding hydrogens is 158 g/mol. The number of rotatable bonds is 2. The number of hydrogen-bond donors (Lipinski definition) is 0. The first-order valence-electron chi connectivity index (χ1n) is 3.57. The Kier molecular flexibility index (Phi) is 2.39. The van der Waals surface area contributed by atoms with E-state index in [4.69, 9.17) is 0 Å². The van der Waals surface area contributed by atoms with Gasteiger partial charge in [-0.05, 0) is 6.92 Å². The maximum atomic E-state index is 11.4. The van der Waals surface area contributed by atoms with Crippen LogP contribution in [0.15, 0.2) is 5.51 Å². The van der Waals surface area contributed by atoms with Gasteiger partial charge in [0.1, 0.15) is 0 Å². The molecule has 0 radical (unpaired) electrons. The van der Waals surface area contributed by atoms with Crippen molar-refractivity contribution < 1.29 is 4.79 Å².